The molecular weight excluding hydrogens is 1470 g/mol. The number of nitrogens with one attached hydrogen (secondary N) is 2. The Labute approximate surface area is 697 Å². The van der Waals surface area contributed by atoms with Crippen molar-refractivity contribution in [2.75, 3.05) is 26.4 Å². The predicted octanol–water partition coefficient (Wildman–Crippen LogP) is 16.3. The van der Waals surface area contributed by atoms with E-state index >= 15 is 0 Å². The van der Waals surface area contributed by atoms with Gasteiger partial charge in [0.25, 0.3) is 5.79 Å². The molecule has 0 aliphatic carbocycles. The third-order valence-electron chi connectivity index (χ3n) is 24.6. The van der Waals surface area contributed by atoms with E-state index in [2.05, 4.69) is 24.5 Å². The summed E-state index contributed by atoms with van der Waals surface area (Å²) in [5.41, 5.74) is 0. The summed E-state index contributed by atoms with van der Waals surface area (Å²) in [7, 11) is 0. The van der Waals surface area contributed by atoms with Crippen LogP contribution in [-0.4, -0.2) is 215 Å². The summed E-state index contributed by atoms with van der Waals surface area (Å²) in [6.45, 7) is 2.30. The minimum atomic E-state index is -3.08. The molecule has 0 aromatic carbocycles. The monoisotopic (exact) mass is 1650 g/mol. The van der Waals surface area contributed by atoms with E-state index in [9.17, 15) is 75.7 Å². The molecule has 680 valence electrons. The summed E-state index contributed by atoms with van der Waals surface area (Å²) in [6.07, 6.45) is 51.3. The van der Waals surface area contributed by atoms with Gasteiger partial charge in [-0.25, -0.2) is 4.79 Å². The molecule has 0 aromatic heterocycles. The van der Waals surface area contributed by atoms with Gasteiger partial charge in [-0.3, -0.25) is 9.59 Å². The topological polar surface area (TPSA) is 373 Å². The van der Waals surface area contributed by atoms with E-state index in [0.29, 0.717) is 19.3 Å². The molecule has 3 aliphatic heterocycles. The van der Waals surface area contributed by atoms with E-state index in [0.717, 1.165) is 51.9 Å². The second-order valence-electron chi connectivity index (χ2n) is 34.9. The molecule has 18 atom stereocenters. The van der Waals surface area contributed by atoms with E-state index in [-0.39, 0.29) is 18.9 Å². The van der Waals surface area contributed by atoms with Crippen LogP contribution in [0.2, 0.25) is 0 Å². The van der Waals surface area contributed by atoms with Crippen molar-refractivity contribution in [1.82, 2.24) is 10.6 Å². The molecule has 3 aliphatic rings. The van der Waals surface area contributed by atoms with Crippen molar-refractivity contribution >= 4 is 17.8 Å². The lowest BCUT2D eigenvalue weighted by Crippen LogP contribution is -2.70. The van der Waals surface area contributed by atoms with Gasteiger partial charge in [-0.05, 0) is 12.8 Å². The Bertz CT molecular complexity index is 2260. The van der Waals surface area contributed by atoms with Crippen LogP contribution in [0.4, 0.5) is 0 Å². The first-order valence-electron chi connectivity index (χ1n) is 47.9. The highest BCUT2D eigenvalue weighted by Gasteiger charge is 2.60. The van der Waals surface area contributed by atoms with Crippen LogP contribution < -0.4 is 10.6 Å². The number of carbonyl (C=O) groups is 3. The first-order valence-corrected chi connectivity index (χ1v) is 47.9. The van der Waals surface area contributed by atoms with Crippen molar-refractivity contribution in [3.05, 3.63) is 0 Å². The van der Waals surface area contributed by atoms with Crippen LogP contribution in [0.25, 0.3) is 0 Å². The quantitative estimate of drug-likeness (QED) is 0.0252. The van der Waals surface area contributed by atoms with Crippen molar-refractivity contribution in [2.45, 2.75) is 542 Å². The molecule has 3 heterocycles. The third-order valence-corrected chi connectivity index (χ3v) is 24.6. The number of aliphatic carboxylic acids is 1. The Morgan fingerprint density at radius 1 is 0.417 bits per heavy atom. The molecule has 3 fully saturated rings. The van der Waals surface area contributed by atoms with Gasteiger partial charge in [0, 0.05) is 19.8 Å². The van der Waals surface area contributed by atoms with Gasteiger partial charge in [-0.15, -0.1) is 0 Å². The zero-order valence-corrected chi connectivity index (χ0v) is 72.9. The maximum Gasteiger partial charge on any atom is 0.364 e. The van der Waals surface area contributed by atoms with E-state index in [1.807, 2.05) is 0 Å². The number of hydrogen-bond acceptors (Lipinski definition) is 20. The van der Waals surface area contributed by atoms with Crippen LogP contribution in [0.5, 0.6) is 0 Å². The van der Waals surface area contributed by atoms with E-state index in [4.69, 9.17) is 28.4 Å². The molecule has 115 heavy (non-hydrogen) atoms. The average Bonchev–Trinajstić information content (AvgIpc) is 0.756. The summed E-state index contributed by atoms with van der Waals surface area (Å²) in [4.78, 5) is 38.8. The molecule has 18 unspecified atom stereocenters. The van der Waals surface area contributed by atoms with Crippen molar-refractivity contribution in [3.8, 4) is 0 Å². The number of carboxylic acids is 1. The lowest BCUT2D eigenvalue weighted by molar-refractivity contribution is -0.386. The average molecular weight is 1650 g/mol. The van der Waals surface area contributed by atoms with Crippen molar-refractivity contribution in [3.63, 3.8) is 0 Å². The van der Waals surface area contributed by atoms with Gasteiger partial charge in [0.05, 0.1) is 50.7 Å². The highest BCUT2D eigenvalue weighted by atomic mass is 16.8. The summed E-state index contributed by atoms with van der Waals surface area (Å²) in [6, 6.07) is -2.53. The molecule has 23 heteroatoms. The van der Waals surface area contributed by atoms with Crippen molar-refractivity contribution < 1.29 is 104 Å². The fourth-order valence-electron chi connectivity index (χ4n) is 17.1. The molecule has 0 aromatic rings. The van der Waals surface area contributed by atoms with Gasteiger partial charge < -0.3 is 100 Å². The maximum absolute atomic E-state index is 13.6. The fraction of sp³-hybridized carbons (Fsp3) is 0.967. The standard InChI is InChI=1S/C92H176N2O21/c1-4-6-8-10-12-14-16-18-20-22-24-26-28-29-30-31-32-33-34-35-36-37-38-39-40-41-42-43-44-46-48-50-52-54-56-58-60-62-64-66-79(102)94-73(74(99)65-63-61-59-57-55-53-51-49-47-45-27-25-23-21-19-17-15-13-11-9-7-5-2)71-110-89-84(106)83(105)86(78(70-97)112-89)113-90-85(107)88(82(104)77(69-96)111-90)115-92(91(108)109)67-75(100)80(93-72(3)98)87(114-92)81(103)76(101)68-95/h73-78,80-90,95-97,99-101,103-107H,4-71H2,1-3H3,(H,93,98)(H,94,102)(H,108,109). The summed E-state index contributed by atoms with van der Waals surface area (Å²) >= 11 is 0. The summed E-state index contributed by atoms with van der Waals surface area (Å²) in [5, 5.41) is 137. The van der Waals surface area contributed by atoms with E-state index in [1.165, 1.54) is 334 Å². The Morgan fingerprint density at radius 3 is 1.09 bits per heavy atom. The molecule has 0 bridgehead atoms. The van der Waals surface area contributed by atoms with Crippen LogP contribution in [0.3, 0.4) is 0 Å². The number of carbonyl (C=O) groups excluding carboxylic acids is 2. The molecule has 0 spiro atoms. The van der Waals surface area contributed by atoms with Crippen LogP contribution in [-0.2, 0) is 42.8 Å². The van der Waals surface area contributed by atoms with Crippen molar-refractivity contribution in [1.29, 1.82) is 0 Å². The highest BCUT2D eigenvalue weighted by Crippen LogP contribution is 2.39. The SMILES string of the molecule is CCCCCCCCCCCCCCCCCCCCCCCCCCCCCCCCCCCCCCCCCC(=O)NC(COC1OC(CO)C(OC2OC(CO)C(O)C(OC3(C(=O)O)CC(O)C(NC(C)=O)C(C(O)C(O)CO)O3)C2O)C(O)C1O)C(O)CCCCCCCCCCCCCCCCCCCCCCCC. The molecule has 2 amide bonds. The second kappa shape index (κ2) is 70.2. The molecular formula is C92H176N2O21. The predicted molar refractivity (Wildman–Crippen MR) is 454 cm³/mol. The van der Waals surface area contributed by atoms with Gasteiger partial charge in [0.1, 0.15) is 67.1 Å². The number of aliphatic hydroxyl groups excluding tert-OH is 11. The summed E-state index contributed by atoms with van der Waals surface area (Å²) < 4.78 is 35.1. The molecule has 14 N–H and O–H groups in total. The molecule has 23 nitrogen and oxygen atoms in total. The number of unbranched alkanes of at least 4 members (excludes halogenated alkanes) is 59. The lowest BCUT2D eigenvalue weighted by atomic mass is 9.88. The first-order chi connectivity index (χ1) is 55.9. The van der Waals surface area contributed by atoms with Gasteiger partial charge in [0.15, 0.2) is 12.6 Å². The minimum Gasteiger partial charge on any atom is -0.477 e. The minimum absolute atomic E-state index is 0.230. The van der Waals surface area contributed by atoms with Gasteiger partial charge in [-0.2, -0.15) is 0 Å². The van der Waals surface area contributed by atoms with E-state index in [1.54, 1.807) is 0 Å². The Kier molecular flexibility index (Phi) is 65.2. The maximum atomic E-state index is 13.6. The number of ether oxygens (including phenoxy) is 6. The van der Waals surface area contributed by atoms with Crippen LogP contribution in [0.1, 0.15) is 432 Å². The zero-order valence-electron chi connectivity index (χ0n) is 72.9. The second-order valence-corrected chi connectivity index (χ2v) is 34.9. The first kappa shape index (κ1) is 107. The van der Waals surface area contributed by atoms with Crippen LogP contribution >= 0.6 is 0 Å². The summed E-state index contributed by atoms with van der Waals surface area (Å²) in [5.74, 6) is -6.08. The highest BCUT2D eigenvalue weighted by molar-refractivity contribution is 5.77. The number of rotatable bonds is 79. The van der Waals surface area contributed by atoms with Gasteiger partial charge >= 0.3 is 5.97 Å². The Morgan fingerprint density at radius 2 is 0.757 bits per heavy atom. The van der Waals surface area contributed by atoms with Crippen LogP contribution in [0.15, 0.2) is 0 Å². The zero-order chi connectivity index (χ0) is 83.8. The van der Waals surface area contributed by atoms with Crippen molar-refractivity contribution in [2.24, 2.45) is 0 Å². The largest absolute Gasteiger partial charge is 0.477 e. The molecule has 0 radical (unpaired) electrons. The van der Waals surface area contributed by atoms with Gasteiger partial charge in [0.2, 0.25) is 11.8 Å². The Balaban J connectivity index is 1.39. The Hall–Kier alpha value is -2.27. The molecule has 0 saturated carbocycles. The molecule has 3 saturated heterocycles. The molecule has 3 rings (SSSR count). The fourth-order valence-corrected chi connectivity index (χ4v) is 17.1. The number of hydrogen-bond donors (Lipinski definition) is 14. The van der Waals surface area contributed by atoms with Crippen LogP contribution in [0, 0.1) is 0 Å². The number of carboxylic acid groups (broad SMARTS) is 1. The lowest BCUT2D eigenvalue weighted by Gasteiger charge is -2.50. The smallest absolute Gasteiger partial charge is 0.364 e. The third kappa shape index (κ3) is 48.4. The normalized spacial score (nSPS) is 24.9. The van der Waals surface area contributed by atoms with E-state index < -0.39 is 148 Å². The van der Waals surface area contributed by atoms with Gasteiger partial charge in [-0.1, -0.05) is 399 Å². The number of aliphatic hydroxyl groups is 11. The number of amides is 2.